The van der Waals surface area contributed by atoms with Crippen molar-refractivity contribution in [3.8, 4) is 0 Å². The molecule has 0 saturated heterocycles. The molecule has 2 N–H and O–H groups in total. The fraction of sp³-hybridized carbons (Fsp3) is 0.267. The van der Waals surface area contributed by atoms with E-state index in [1.165, 1.54) is 12.3 Å². The number of amides is 1. The van der Waals surface area contributed by atoms with E-state index in [1.54, 1.807) is 25.3 Å². The van der Waals surface area contributed by atoms with Crippen LogP contribution >= 0.6 is 0 Å². The molecule has 1 amide bonds. The van der Waals surface area contributed by atoms with Gasteiger partial charge in [0.1, 0.15) is 17.3 Å². The number of hydrogen-bond donors (Lipinski definition) is 2. The van der Waals surface area contributed by atoms with Crippen molar-refractivity contribution in [3.05, 3.63) is 47.7 Å². The molecular formula is C15H17FN4O. The summed E-state index contributed by atoms with van der Waals surface area (Å²) in [4.78, 5) is 20.3. The van der Waals surface area contributed by atoms with Gasteiger partial charge in [-0.3, -0.25) is 9.78 Å². The smallest absolute Gasteiger partial charge is 0.276 e. The van der Waals surface area contributed by atoms with Gasteiger partial charge in [-0.1, -0.05) is 19.1 Å². The lowest BCUT2D eigenvalue weighted by atomic mass is 10.2. The van der Waals surface area contributed by atoms with Gasteiger partial charge >= 0.3 is 0 Å². The maximum Gasteiger partial charge on any atom is 0.276 e. The average Bonchev–Trinajstić information content (AvgIpc) is 2.49. The first-order chi connectivity index (χ1) is 10.1. The molecule has 21 heavy (non-hydrogen) atoms. The van der Waals surface area contributed by atoms with Crippen molar-refractivity contribution in [2.45, 2.75) is 20.3 Å². The van der Waals surface area contributed by atoms with Gasteiger partial charge in [-0.15, -0.1) is 0 Å². The van der Waals surface area contributed by atoms with Crippen LogP contribution < -0.4 is 10.6 Å². The number of nitrogens with zero attached hydrogens (tertiary/aromatic N) is 2. The summed E-state index contributed by atoms with van der Waals surface area (Å²) in [7, 11) is 0. The number of aromatic nitrogens is 2. The number of carbonyl (C=O) groups is 1. The third-order valence-electron chi connectivity index (χ3n) is 2.88. The van der Waals surface area contributed by atoms with Crippen LogP contribution in [0.1, 0.15) is 29.4 Å². The molecule has 6 heteroatoms. The molecule has 0 aliphatic heterocycles. The monoisotopic (exact) mass is 288 g/mol. The summed E-state index contributed by atoms with van der Waals surface area (Å²) >= 11 is 0. The molecule has 0 aliphatic carbocycles. The summed E-state index contributed by atoms with van der Waals surface area (Å²) < 4.78 is 13.7. The van der Waals surface area contributed by atoms with Crippen molar-refractivity contribution < 1.29 is 9.18 Å². The van der Waals surface area contributed by atoms with Crippen LogP contribution in [-0.4, -0.2) is 22.4 Å². The van der Waals surface area contributed by atoms with Crippen molar-refractivity contribution in [1.29, 1.82) is 0 Å². The minimum Gasteiger partial charge on any atom is -0.369 e. The molecule has 2 rings (SSSR count). The van der Waals surface area contributed by atoms with Crippen LogP contribution in [0.25, 0.3) is 0 Å². The first kappa shape index (κ1) is 14.9. The number of benzene rings is 1. The number of halogens is 1. The minimum absolute atomic E-state index is 0.138. The van der Waals surface area contributed by atoms with E-state index in [0.29, 0.717) is 11.4 Å². The summed E-state index contributed by atoms with van der Waals surface area (Å²) in [6, 6.07) is 4.62. The Morgan fingerprint density at radius 1 is 1.33 bits per heavy atom. The van der Waals surface area contributed by atoms with Gasteiger partial charge in [0.25, 0.3) is 5.91 Å². The van der Waals surface area contributed by atoms with E-state index in [0.717, 1.165) is 13.0 Å². The maximum atomic E-state index is 13.7. The molecule has 0 unspecified atom stereocenters. The quantitative estimate of drug-likeness (QED) is 0.887. The van der Waals surface area contributed by atoms with Crippen molar-refractivity contribution in [2.24, 2.45) is 0 Å². The van der Waals surface area contributed by atoms with Crippen LogP contribution in [0, 0.1) is 12.7 Å². The lowest BCUT2D eigenvalue weighted by Gasteiger charge is -2.09. The molecule has 0 aliphatic rings. The van der Waals surface area contributed by atoms with E-state index in [2.05, 4.69) is 20.6 Å². The van der Waals surface area contributed by atoms with E-state index in [4.69, 9.17) is 0 Å². The van der Waals surface area contributed by atoms with Crippen LogP contribution in [0.5, 0.6) is 0 Å². The topological polar surface area (TPSA) is 66.9 Å². The molecule has 1 heterocycles. The zero-order valence-electron chi connectivity index (χ0n) is 12.0. The predicted octanol–water partition coefficient (Wildman–Crippen LogP) is 3.00. The van der Waals surface area contributed by atoms with E-state index >= 15 is 0 Å². The van der Waals surface area contributed by atoms with E-state index < -0.39 is 11.7 Å². The Morgan fingerprint density at radius 3 is 2.86 bits per heavy atom. The number of anilines is 2. The summed E-state index contributed by atoms with van der Waals surface area (Å²) in [6.45, 7) is 4.49. The molecule has 0 bridgehead atoms. The molecule has 0 spiro atoms. The van der Waals surface area contributed by atoms with Gasteiger partial charge in [0, 0.05) is 6.54 Å². The lowest BCUT2D eigenvalue weighted by Crippen LogP contribution is -2.17. The number of para-hydroxylation sites is 1. The van der Waals surface area contributed by atoms with Gasteiger partial charge < -0.3 is 10.6 Å². The Balaban J connectivity index is 2.17. The number of aryl methyl sites for hydroxylation is 1. The van der Waals surface area contributed by atoms with Gasteiger partial charge in [-0.2, -0.15) is 0 Å². The summed E-state index contributed by atoms with van der Waals surface area (Å²) in [5.41, 5.74) is 0.951. The SMILES string of the molecule is CCCNc1cncc(C(=O)Nc2c(C)cccc2F)n1. The molecule has 1 aromatic heterocycles. The minimum atomic E-state index is -0.490. The first-order valence-corrected chi connectivity index (χ1v) is 6.74. The Labute approximate surface area is 122 Å². The highest BCUT2D eigenvalue weighted by atomic mass is 19.1. The fourth-order valence-corrected chi connectivity index (χ4v) is 1.78. The van der Waals surface area contributed by atoms with Crippen molar-refractivity contribution in [1.82, 2.24) is 9.97 Å². The second-order valence-electron chi connectivity index (χ2n) is 4.60. The number of hydrogen-bond acceptors (Lipinski definition) is 4. The second kappa shape index (κ2) is 6.78. The third-order valence-corrected chi connectivity index (χ3v) is 2.88. The standard InChI is InChI=1S/C15H17FN4O/c1-3-7-18-13-9-17-8-12(19-13)15(21)20-14-10(2)5-4-6-11(14)16/h4-6,8-9H,3,7H2,1-2H3,(H,18,19)(H,20,21). The Morgan fingerprint density at radius 2 is 2.14 bits per heavy atom. The molecule has 0 fully saturated rings. The van der Waals surface area contributed by atoms with Crippen LogP contribution in [0.3, 0.4) is 0 Å². The van der Waals surface area contributed by atoms with E-state index in [9.17, 15) is 9.18 Å². The molecule has 0 saturated carbocycles. The zero-order valence-corrected chi connectivity index (χ0v) is 12.0. The van der Waals surface area contributed by atoms with Crippen LogP contribution in [0.4, 0.5) is 15.9 Å². The van der Waals surface area contributed by atoms with Gasteiger partial charge in [0.05, 0.1) is 18.1 Å². The van der Waals surface area contributed by atoms with Crippen molar-refractivity contribution >= 4 is 17.4 Å². The summed E-state index contributed by atoms with van der Waals surface area (Å²) in [5, 5.41) is 5.58. The molecule has 2 aromatic rings. The predicted molar refractivity (Wildman–Crippen MR) is 79.9 cm³/mol. The average molecular weight is 288 g/mol. The van der Waals surface area contributed by atoms with Gasteiger partial charge in [-0.25, -0.2) is 9.37 Å². The van der Waals surface area contributed by atoms with Crippen LogP contribution in [0.15, 0.2) is 30.6 Å². The highest BCUT2D eigenvalue weighted by molar-refractivity contribution is 6.03. The number of carbonyl (C=O) groups excluding carboxylic acids is 1. The largest absolute Gasteiger partial charge is 0.369 e. The third kappa shape index (κ3) is 3.75. The van der Waals surface area contributed by atoms with E-state index in [1.807, 2.05) is 6.92 Å². The van der Waals surface area contributed by atoms with Crippen molar-refractivity contribution in [2.75, 3.05) is 17.2 Å². The Kier molecular flexibility index (Phi) is 4.81. The second-order valence-corrected chi connectivity index (χ2v) is 4.60. The number of rotatable bonds is 5. The first-order valence-electron chi connectivity index (χ1n) is 6.74. The van der Waals surface area contributed by atoms with Gasteiger partial charge in [-0.05, 0) is 25.0 Å². The van der Waals surface area contributed by atoms with Crippen LogP contribution in [0.2, 0.25) is 0 Å². The molecular weight excluding hydrogens is 271 g/mol. The zero-order chi connectivity index (χ0) is 15.2. The molecule has 5 nitrogen and oxygen atoms in total. The Bertz CT molecular complexity index is 625. The maximum absolute atomic E-state index is 13.7. The highest BCUT2D eigenvalue weighted by Gasteiger charge is 2.13. The van der Waals surface area contributed by atoms with Crippen molar-refractivity contribution in [3.63, 3.8) is 0 Å². The lowest BCUT2D eigenvalue weighted by molar-refractivity contribution is 0.102. The van der Waals surface area contributed by atoms with E-state index in [-0.39, 0.29) is 11.4 Å². The molecule has 0 atom stereocenters. The normalized spacial score (nSPS) is 10.2. The molecule has 110 valence electrons. The van der Waals surface area contributed by atoms with Gasteiger partial charge in [0.2, 0.25) is 0 Å². The van der Waals surface area contributed by atoms with Crippen LogP contribution in [-0.2, 0) is 0 Å². The van der Waals surface area contributed by atoms with Gasteiger partial charge in [0.15, 0.2) is 0 Å². The summed E-state index contributed by atoms with van der Waals surface area (Å²) in [5.74, 6) is -0.442. The number of nitrogens with one attached hydrogen (secondary N) is 2. The fourth-order valence-electron chi connectivity index (χ4n) is 1.78. The summed E-state index contributed by atoms with van der Waals surface area (Å²) in [6.07, 6.45) is 3.83. The molecule has 1 aromatic carbocycles. The highest BCUT2D eigenvalue weighted by Crippen LogP contribution is 2.19. The molecule has 0 radical (unpaired) electrons. The Hall–Kier alpha value is -2.50.